The molecule has 2 heteroatoms. The van der Waals surface area contributed by atoms with E-state index in [0.717, 1.165) is 24.2 Å². The Morgan fingerprint density at radius 3 is 1.07 bits per heavy atom. The first-order valence-electron chi connectivity index (χ1n) is 6.45. The van der Waals surface area contributed by atoms with E-state index in [-0.39, 0.29) is 0 Å². The molecule has 4 bridgehead atoms. The molecule has 80 valence electrons. The summed E-state index contributed by atoms with van der Waals surface area (Å²) in [6.07, 6.45) is 11.4. The highest BCUT2D eigenvalue weighted by atomic mass is 15.2. The average Bonchev–Trinajstić information content (AvgIpc) is 2.50. The molecule has 14 heavy (non-hydrogen) atoms. The van der Waals surface area contributed by atoms with Crippen LogP contribution in [0.5, 0.6) is 0 Å². The Morgan fingerprint density at radius 2 is 0.786 bits per heavy atom. The molecule has 0 amide bonds. The van der Waals surface area contributed by atoms with Crippen molar-refractivity contribution >= 4 is 0 Å². The van der Waals surface area contributed by atoms with Crippen molar-refractivity contribution in [3.63, 3.8) is 0 Å². The Labute approximate surface area is 86.8 Å². The molecule has 3 fully saturated rings. The number of fused-ring (bicyclic) bond motifs is 6. The second-order valence-electron chi connectivity index (χ2n) is 5.33. The second-order valence-corrected chi connectivity index (χ2v) is 5.33. The van der Waals surface area contributed by atoms with Gasteiger partial charge in [0, 0.05) is 24.2 Å². The fraction of sp³-hybridized carbons (Fsp3) is 1.00. The van der Waals surface area contributed by atoms with E-state index in [1.807, 2.05) is 0 Å². The van der Waals surface area contributed by atoms with Crippen LogP contribution < -0.4 is 10.6 Å². The lowest BCUT2D eigenvalue weighted by atomic mass is 9.95. The number of rotatable bonds is 0. The monoisotopic (exact) mass is 194 g/mol. The smallest absolute Gasteiger partial charge is 0.0224 e. The van der Waals surface area contributed by atoms with Crippen LogP contribution in [0.15, 0.2) is 0 Å². The molecular weight excluding hydrogens is 172 g/mol. The molecule has 0 saturated carbocycles. The van der Waals surface area contributed by atoms with Crippen LogP contribution in [0, 0.1) is 0 Å². The number of nitrogens with one attached hydrogen (secondary N) is 2. The maximum absolute atomic E-state index is 3.89. The van der Waals surface area contributed by atoms with Gasteiger partial charge in [-0.15, -0.1) is 0 Å². The highest BCUT2D eigenvalue weighted by Gasteiger charge is 2.37. The molecule has 0 unspecified atom stereocenters. The molecule has 4 atom stereocenters. The van der Waals surface area contributed by atoms with Crippen LogP contribution in [0.1, 0.15) is 51.4 Å². The van der Waals surface area contributed by atoms with Crippen molar-refractivity contribution in [3.05, 3.63) is 0 Å². The van der Waals surface area contributed by atoms with Crippen molar-refractivity contribution in [3.8, 4) is 0 Å². The van der Waals surface area contributed by atoms with Gasteiger partial charge < -0.3 is 10.6 Å². The van der Waals surface area contributed by atoms with Crippen molar-refractivity contribution in [1.82, 2.24) is 10.6 Å². The van der Waals surface area contributed by atoms with Gasteiger partial charge in [0.15, 0.2) is 0 Å². The first-order valence-corrected chi connectivity index (χ1v) is 6.45. The molecule has 0 spiro atoms. The molecular formula is C12H22N2. The summed E-state index contributed by atoms with van der Waals surface area (Å²) < 4.78 is 0. The molecule has 3 heterocycles. The number of hydrogen-bond donors (Lipinski definition) is 2. The van der Waals surface area contributed by atoms with Gasteiger partial charge in [-0.1, -0.05) is 25.7 Å². The van der Waals surface area contributed by atoms with E-state index in [0.29, 0.717) is 0 Å². The van der Waals surface area contributed by atoms with Gasteiger partial charge in [0.1, 0.15) is 0 Å². The van der Waals surface area contributed by atoms with Gasteiger partial charge in [0.05, 0.1) is 0 Å². The molecule has 3 aliphatic heterocycles. The van der Waals surface area contributed by atoms with Gasteiger partial charge in [-0.05, 0) is 25.7 Å². The highest BCUT2D eigenvalue weighted by Crippen LogP contribution is 2.28. The van der Waals surface area contributed by atoms with Crippen molar-refractivity contribution < 1.29 is 0 Å². The zero-order chi connectivity index (χ0) is 9.38. The van der Waals surface area contributed by atoms with E-state index in [4.69, 9.17) is 0 Å². The summed E-state index contributed by atoms with van der Waals surface area (Å²) in [5, 5.41) is 7.79. The zero-order valence-corrected chi connectivity index (χ0v) is 8.97. The van der Waals surface area contributed by atoms with E-state index in [9.17, 15) is 0 Å². The normalized spacial score (nSPS) is 48.0. The molecule has 0 aromatic heterocycles. The molecule has 3 rings (SSSR count). The Bertz CT molecular complexity index is 162. The Morgan fingerprint density at radius 1 is 0.500 bits per heavy atom. The van der Waals surface area contributed by atoms with Crippen LogP contribution in [0.3, 0.4) is 0 Å². The third kappa shape index (κ3) is 1.59. The van der Waals surface area contributed by atoms with Crippen LogP contribution in [-0.4, -0.2) is 24.2 Å². The fourth-order valence-electron chi connectivity index (χ4n) is 3.61. The molecule has 0 aliphatic carbocycles. The van der Waals surface area contributed by atoms with Crippen LogP contribution in [-0.2, 0) is 0 Å². The van der Waals surface area contributed by atoms with Gasteiger partial charge in [0.2, 0.25) is 0 Å². The lowest BCUT2D eigenvalue weighted by Crippen LogP contribution is -2.64. The first kappa shape index (κ1) is 9.17. The standard InChI is InChI=1S/C12H22N2/c1-2-6-10-12-8-4-3-7-11(14-12)9(5-1)13-10/h9-14H,1-8H2/t9-,10+,11-,12+. The zero-order valence-electron chi connectivity index (χ0n) is 8.97. The summed E-state index contributed by atoms with van der Waals surface area (Å²) in [7, 11) is 0. The predicted molar refractivity (Wildman–Crippen MR) is 58.4 cm³/mol. The van der Waals surface area contributed by atoms with Crippen LogP contribution >= 0.6 is 0 Å². The van der Waals surface area contributed by atoms with Crippen molar-refractivity contribution in [2.45, 2.75) is 75.5 Å². The summed E-state index contributed by atoms with van der Waals surface area (Å²) in [6, 6.07) is 3.15. The van der Waals surface area contributed by atoms with Gasteiger partial charge in [0.25, 0.3) is 0 Å². The fourth-order valence-corrected chi connectivity index (χ4v) is 3.61. The molecule has 3 saturated heterocycles. The molecule has 0 radical (unpaired) electrons. The quantitative estimate of drug-likeness (QED) is 0.614. The van der Waals surface area contributed by atoms with Crippen LogP contribution in [0.2, 0.25) is 0 Å². The highest BCUT2D eigenvalue weighted by molar-refractivity contribution is 5.00. The Balaban J connectivity index is 1.81. The minimum Gasteiger partial charge on any atom is -0.308 e. The number of piperazine rings is 1. The van der Waals surface area contributed by atoms with E-state index in [1.165, 1.54) is 51.4 Å². The Hall–Kier alpha value is -0.0800. The van der Waals surface area contributed by atoms with Gasteiger partial charge >= 0.3 is 0 Å². The summed E-state index contributed by atoms with van der Waals surface area (Å²) in [5.41, 5.74) is 0. The van der Waals surface area contributed by atoms with E-state index in [2.05, 4.69) is 10.6 Å². The summed E-state index contributed by atoms with van der Waals surface area (Å²) >= 11 is 0. The van der Waals surface area contributed by atoms with Gasteiger partial charge in [-0.25, -0.2) is 0 Å². The number of hydrogen-bond acceptors (Lipinski definition) is 2. The van der Waals surface area contributed by atoms with Crippen molar-refractivity contribution in [1.29, 1.82) is 0 Å². The summed E-state index contributed by atoms with van der Waals surface area (Å²) in [5.74, 6) is 0. The van der Waals surface area contributed by atoms with E-state index < -0.39 is 0 Å². The van der Waals surface area contributed by atoms with Crippen LogP contribution in [0.25, 0.3) is 0 Å². The van der Waals surface area contributed by atoms with Crippen molar-refractivity contribution in [2.75, 3.05) is 0 Å². The van der Waals surface area contributed by atoms with Gasteiger partial charge in [-0.2, -0.15) is 0 Å². The minimum absolute atomic E-state index is 0.789. The lowest BCUT2D eigenvalue weighted by molar-refractivity contribution is 0.211. The lowest BCUT2D eigenvalue weighted by Gasteiger charge is -2.41. The van der Waals surface area contributed by atoms with Crippen molar-refractivity contribution in [2.24, 2.45) is 0 Å². The molecule has 2 N–H and O–H groups in total. The third-order valence-corrected chi connectivity index (χ3v) is 4.39. The first-order chi connectivity index (χ1) is 6.93. The van der Waals surface area contributed by atoms with E-state index >= 15 is 0 Å². The topological polar surface area (TPSA) is 24.1 Å². The third-order valence-electron chi connectivity index (χ3n) is 4.39. The summed E-state index contributed by atoms with van der Waals surface area (Å²) in [4.78, 5) is 0. The largest absolute Gasteiger partial charge is 0.308 e. The average molecular weight is 194 g/mol. The van der Waals surface area contributed by atoms with Crippen LogP contribution in [0.4, 0.5) is 0 Å². The SMILES string of the molecule is C1CC[C@H]2N[C@@H](C1)[C@@H]1CCCC[C@H]2N1. The van der Waals surface area contributed by atoms with E-state index in [1.54, 1.807) is 0 Å². The molecule has 0 aromatic carbocycles. The molecule has 3 aliphatic rings. The maximum Gasteiger partial charge on any atom is 0.0224 e. The Kier molecular flexibility index (Phi) is 2.50. The second kappa shape index (κ2) is 3.82. The maximum atomic E-state index is 3.89. The summed E-state index contributed by atoms with van der Waals surface area (Å²) in [6.45, 7) is 0. The predicted octanol–water partition coefficient (Wildman–Crippen LogP) is 1.80. The molecule has 0 aromatic rings. The minimum atomic E-state index is 0.789. The molecule has 2 nitrogen and oxygen atoms in total. The van der Waals surface area contributed by atoms with Gasteiger partial charge in [-0.3, -0.25) is 0 Å².